The molecule has 0 aromatic rings. The Morgan fingerprint density at radius 1 is 1.11 bits per heavy atom. The number of carbonyl (C=O) groups excluding carboxylic acids is 4. The molecule has 9 nitrogen and oxygen atoms in total. The van der Waals surface area contributed by atoms with Crippen LogP contribution in [0, 0.1) is 29.1 Å². The van der Waals surface area contributed by atoms with Gasteiger partial charge in [-0.25, -0.2) is 8.78 Å². The Morgan fingerprint density at radius 3 is 2.39 bits per heavy atom. The number of hydrogen-bond acceptors (Lipinski definition) is 5. The van der Waals surface area contributed by atoms with E-state index >= 15 is 0 Å². The summed E-state index contributed by atoms with van der Waals surface area (Å²) >= 11 is 0. The van der Waals surface area contributed by atoms with Gasteiger partial charge < -0.3 is 20.9 Å². The van der Waals surface area contributed by atoms with E-state index in [0.29, 0.717) is 32.2 Å². The van der Waals surface area contributed by atoms with Crippen LogP contribution in [0.1, 0.15) is 57.8 Å². The van der Waals surface area contributed by atoms with Crippen molar-refractivity contribution in [1.82, 2.24) is 20.9 Å². The van der Waals surface area contributed by atoms with Gasteiger partial charge in [-0.1, -0.05) is 12.8 Å². The van der Waals surface area contributed by atoms with Gasteiger partial charge >= 0.3 is 12.1 Å². The first-order chi connectivity index (χ1) is 17.8. The van der Waals surface area contributed by atoms with E-state index in [1.807, 2.05) is 6.07 Å². The number of piperidine rings is 3. The predicted molar refractivity (Wildman–Crippen MR) is 120 cm³/mol. The Balaban J connectivity index is 1.56. The van der Waals surface area contributed by atoms with E-state index in [-0.39, 0.29) is 37.5 Å². The van der Waals surface area contributed by atoms with E-state index < -0.39 is 72.2 Å². The second-order valence-electron chi connectivity index (χ2n) is 10.8. The molecule has 0 spiro atoms. The fraction of sp³-hybridized carbons (Fsp3) is 0.792. The van der Waals surface area contributed by atoms with Crippen molar-refractivity contribution in [1.29, 1.82) is 5.26 Å². The van der Waals surface area contributed by atoms with Crippen LogP contribution in [0.15, 0.2) is 0 Å². The smallest absolute Gasteiger partial charge is 0.356 e. The highest BCUT2D eigenvalue weighted by molar-refractivity contribution is 5.94. The average Bonchev–Trinajstić information content (AvgIpc) is 3.66. The minimum Gasteiger partial charge on any atom is -0.356 e. The van der Waals surface area contributed by atoms with Gasteiger partial charge in [-0.15, -0.1) is 0 Å². The number of rotatable bonds is 8. The van der Waals surface area contributed by atoms with E-state index in [9.17, 15) is 46.4 Å². The van der Waals surface area contributed by atoms with Crippen LogP contribution in [-0.2, 0) is 19.2 Å². The molecule has 2 bridgehead atoms. The van der Waals surface area contributed by atoms with Crippen molar-refractivity contribution in [2.45, 2.75) is 94.1 Å². The van der Waals surface area contributed by atoms with Gasteiger partial charge in [-0.05, 0) is 44.4 Å². The third-order valence-corrected chi connectivity index (χ3v) is 7.98. The fourth-order valence-electron chi connectivity index (χ4n) is 5.90. The summed E-state index contributed by atoms with van der Waals surface area (Å²) in [6, 6.07) is -3.81. The zero-order chi connectivity index (χ0) is 27.8. The van der Waals surface area contributed by atoms with E-state index in [0.717, 1.165) is 4.90 Å². The molecule has 5 rings (SSSR count). The van der Waals surface area contributed by atoms with E-state index in [1.165, 1.54) is 0 Å². The molecule has 210 valence electrons. The van der Waals surface area contributed by atoms with Gasteiger partial charge in [-0.2, -0.15) is 18.4 Å². The number of fused-ring (bicyclic) bond motifs is 3. The molecule has 5 aliphatic rings. The molecule has 0 unspecified atom stereocenters. The molecular formula is C24H30F5N5O4. The van der Waals surface area contributed by atoms with Crippen molar-refractivity contribution in [3.63, 3.8) is 0 Å². The lowest BCUT2D eigenvalue weighted by Crippen LogP contribution is -2.71. The van der Waals surface area contributed by atoms with Crippen molar-refractivity contribution < 1.29 is 41.1 Å². The van der Waals surface area contributed by atoms with Crippen LogP contribution in [0.4, 0.5) is 22.0 Å². The summed E-state index contributed by atoms with van der Waals surface area (Å²) in [6.07, 6.45) is -3.65. The fourth-order valence-corrected chi connectivity index (χ4v) is 5.90. The molecule has 6 atom stereocenters. The van der Waals surface area contributed by atoms with Crippen LogP contribution in [0.25, 0.3) is 0 Å². The molecule has 3 heterocycles. The van der Waals surface area contributed by atoms with Gasteiger partial charge in [0.25, 0.3) is 5.92 Å². The van der Waals surface area contributed by atoms with Crippen LogP contribution in [0.5, 0.6) is 0 Å². The summed E-state index contributed by atoms with van der Waals surface area (Å²) in [5.41, 5.74) is 0. The van der Waals surface area contributed by atoms with Gasteiger partial charge in [0.1, 0.15) is 18.1 Å². The van der Waals surface area contributed by atoms with E-state index in [1.54, 1.807) is 5.32 Å². The third kappa shape index (κ3) is 6.02. The van der Waals surface area contributed by atoms with Crippen LogP contribution >= 0.6 is 0 Å². The van der Waals surface area contributed by atoms with Crippen LogP contribution < -0.4 is 16.0 Å². The Labute approximate surface area is 215 Å². The predicted octanol–water partition coefficient (Wildman–Crippen LogP) is 1.77. The Hall–Kier alpha value is -2.98. The maximum absolute atomic E-state index is 14.9. The van der Waals surface area contributed by atoms with Gasteiger partial charge in [-0.3, -0.25) is 19.2 Å². The molecule has 3 saturated heterocycles. The lowest BCUT2D eigenvalue weighted by atomic mass is 9.71. The van der Waals surface area contributed by atoms with Gasteiger partial charge in [0.15, 0.2) is 0 Å². The summed E-state index contributed by atoms with van der Waals surface area (Å²) in [6.45, 7) is 0.489. The van der Waals surface area contributed by atoms with Crippen molar-refractivity contribution >= 4 is 23.6 Å². The number of nitrogens with zero attached hydrogens (tertiary/aromatic N) is 2. The number of alkyl halides is 5. The highest BCUT2D eigenvalue weighted by Crippen LogP contribution is 2.49. The van der Waals surface area contributed by atoms with Crippen LogP contribution in [0.2, 0.25) is 0 Å². The van der Waals surface area contributed by atoms with Crippen molar-refractivity contribution in [3.8, 4) is 6.07 Å². The Kier molecular flexibility index (Phi) is 7.86. The first-order valence-electron chi connectivity index (χ1n) is 12.9. The SMILES string of the molecule is N#C[C@H](C[C@H]1CCCNC1=O)NC(=O)[C@@H]1[C@@H]2CC[C@@H](CC2(F)F)N1C(=O)[C@H](CC1CC1)NC(=O)C(F)(F)F. The number of amides is 4. The number of halogens is 5. The number of hydrogen-bond donors (Lipinski definition) is 3. The summed E-state index contributed by atoms with van der Waals surface area (Å²) in [5, 5.41) is 16.4. The zero-order valence-electron chi connectivity index (χ0n) is 20.5. The lowest BCUT2D eigenvalue weighted by Gasteiger charge is -2.54. The lowest BCUT2D eigenvalue weighted by molar-refractivity contribution is -0.196. The third-order valence-electron chi connectivity index (χ3n) is 7.98. The van der Waals surface area contributed by atoms with Gasteiger partial charge in [0, 0.05) is 24.9 Å². The van der Waals surface area contributed by atoms with Crippen molar-refractivity contribution in [2.24, 2.45) is 17.8 Å². The van der Waals surface area contributed by atoms with Crippen LogP contribution in [0.3, 0.4) is 0 Å². The van der Waals surface area contributed by atoms with E-state index in [4.69, 9.17) is 0 Å². The molecule has 4 amide bonds. The summed E-state index contributed by atoms with van der Waals surface area (Å²) in [7, 11) is 0. The first-order valence-corrected chi connectivity index (χ1v) is 12.9. The second kappa shape index (κ2) is 10.6. The monoisotopic (exact) mass is 547 g/mol. The topological polar surface area (TPSA) is 131 Å². The molecule has 2 saturated carbocycles. The number of nitrogens with one attached hydrogen (secondary N) is 3. The molecule has 2 aliphatic carbocycles. The molecule has 14 heteroatoms. The highest BCUT2D eigenvalue weighted by Gasteiger charge is 2.61. The second-order valence-corrected chi connectivity index (χ2v) is 10.8. The Morgan fingerprint density at radius 2 is 1.82 bits per heavy atom. The maximum Gasteiger partial charge on any atom is 0.471 e. The molecule has 5 fully saturated rings. The average molecular weight is 548 g/mol. The largest absolute Gasteiger partial charge is 0.471 e. The molecule has 0 aromatic carbocycles. The van der Waals surface area contributed by atoms with Crippen molar-refractivity contribution in [3.05, 3.63) is 0 Å². The number of nitriles is 1. The maximum atomic E-state index is 14.9. The molecule has 3 N–H and O–H groups in total. The normalized spacial score (nSPS) is 30.0. The molecule has 38 heavy (non-hydrogen) atoms. The zero-order valence-corrected chi connectivity index (χ0v) is 20.5. The first kappa shape index (κ1) is 28.0. The highest BCUT2D eigenvalue weighted by atomic mass is 19.4. The molecular weight excluding hydrogens is 517 g/mol. The summed E-state index contributed by atoms with van der Waals surface area (Å²) in [4.78, 5) is 51.6. The minimum absolute atomic E-state index is 0.0504. The molecule has 0 aromatic heterocycles. The standard InChI is InChI=1S/C24H30F5N5O4/c25-23(26)10-15-5-6-16(23)18(20(36)32-14(11-30)9-13-2-1-7-31-19(13)35)34(15)21(37)17(8-12-3-4-12)33-22(38)24(27,28)29/h12-18H,1-10H2,(H,31,35)(H,32,36)(H,33,38)/t13-,14+,15+,16+,17+,18+/m1/s1. The quantitative estimate of drug-likeness (QED) is 0.399. The summed E-state index contributed by atoms with van der Waals surface area (Å²) < 4.78 is 68.8. The molecule has 0 radical (unpaired) electrons. The van der Waals surface area contributed by atoms with Gasteiger partial charge in [0.2, 0.25) is 17.7 Å². The van der Waals surface area contributed by atoms with Gasteiger partial charge in [0.05, 0.1) is 12.0 Å². The Bertz CT molecular complexity index is 1010. The minimum atomic E-state index is -5.25. The number of carbonyl (C=O) groups is 4. The molecule has 3 aliphatic heterocycles. The van der Waals surface area contributed by atoms with E-state index in [2.05, 4.69) is 10.6 Å². The van der Waals surface area contributed by atoms with Crippen LogP contribution in [-0.4, -0.2) is 71.3 Å². The summed E-state index contributed by atoms with van der Waals surface area (Å²) in [5.74, 6) is -10.2. The van der Waals surface area contributed by atoms with Crippen molar-refractivity contribution in [2.75, 3.05) is 6.54 Å².